The van der Waals surface area contributed by atoms with E-state index >= 15 is 0 Å². The molecule has 22 heavy (non-hydrogen) atoms. The number of carbonyl (C=O) groups is 2. The number of nitrogens with one attached hydrogen (secondary N) is 1. The molecular weight excluding hydrogens is 284 g/mol. The lowest BCUT2D eigenvalue weighted by atomic mass is 9.87. The molecule has 0 radical (unpaired) electrons. The van der Waals surface area contributed by atoms with Crippen LogP contribution in [0.1, 0.15) is 56.2 Å². The number of nitrogens with zero attached hydrogens (tertiary/aromatic N) is 3. The first-order chi connectivity index (χ1) is 10.7. The maximum atomic E-state index is 12.9. The highest BCUT2D eigenvalue weighted by Gasteiger charge is 2.65. The van der Waals surface area contributed by atoms with E-state index in [2.05, 4.69) is 15.5 Å². The zero-order valence-electron chi connectivity index (χ0n) is 12.2. The first kappa shape index (κ1) is 12.6. The van der Waals surface area contributed by atoms with E-state index in [1.807, 2.05) is 0 Å². The molecule has 7 nitrogen and oxygen atoms in total. The number of imide groups is 1. The van der Waals surface area contributed by atoms with Crippen LogP contribution in [0.25, 0.3) is 0 Å². The molecule has 3 aliphatic carbocycles. The van der Waals surface area contributed by atoms with Crippen molar-refractivity contribution >= 4 is 11.9 Å². The molecule has 1 aromatic rings. The summed E-state index contributed by atoms with van der Waals surface area (Å²) >= 11 is 0. The van der Waals surface area contributed by atoms with Crippen LogP contribution in [-0.2, 0) is 11.3 Å². The summed E-state index contributed by atoms with van der Waals surface area (Å²) in [6, 6.07) is -0.304. The summed E-state index contributed by atoms with van der Waals surface area (Å²) in [5.41, 5.74) is -0.639. The first-order valence-electron chi connectivity index (χ1n) is 8.15. The lowest BCUT2D eigenvalue weighted by molar-refractivity contribution is -0.133. The third-order valence-corrected chi connectivity index (χ3v) is 5.31. The van der Waals surface area contributed by atoms with Gasteiger partial charge in [-0.1, -0.05) is 5.16 Å². The second-order valence-electron chi connectivity index (χ2n) is 7.06. The largest absolute Gasteiger partial charge is 0.339 e. The SMILES string of the molecule is O=C1NC(C2CC2)(C2CC2)C(=O)N1Cc1noc(C2CC2)n1. The minimum absolute atomic E-state index is 0.0831. The summed E-state index contributed by atoms with van der Waals surface area (Å²) in [5.74, 6) is 1.98. The molecule has 4 aliphatic rings. The van der Waals surface area contributed by atoms with E-state index in [4.69, 9.17) is 4.52 Å². The average molecular weight is 302 g/mol. The normalized spacial score (nSPS) is 27.4. The van der Waals surface area contributed by atoms with Gasteiger partial charge >= 0.3 is 6.03 Å². The van der Waals surface area contributed by atoms with Crippen molar-refractivity contribution in [2.45, 2.75) is 56.5 Å². The monoisotopic (exact) mass is 302 g/mol. The maximum Gasteiger partial charge on any atom is 0.325 e. The Morgan fingerprint density at radius 3 is 2.41 bits per heavy atom. The van der Waals surface area contributed by atoms with Crippen LogP contribution in [0.4, 0.5) is 4.79 Å². The van der Waals surface area contributed by atoms with Gasteiger partial charge in [-0.15, -0.1) is 0 Å². The molecule has 7 heteroatoms. The molecule has 0 atom stereocenters. The van der Waals surface area contributed by atoms with E-state index in [1.54, 1.807) is 0 Å². The van der Waals surface area contributed by atoms with Crippen LogP contribution in [0.5, 0.6) is 0 Å². The Balaban J connectivity index is 1.39. The minimum atomic E-state index is -0.639. The van der Waals surface area contributed by atoms with Crippen molar-refractivity contribution < 1.29 is 14.1 Å². The van der Waals surface area contributed by atoms with Crippen molar-refractivity contribution in [2.24, 2.45) is 11.8 Å². The number of carbonyl (C=O) groups excluding carboxylic acids is 2. The molecule has 3 amide bonds. The Morgan fingerprint density at radius 2 is 1.82 bits per heavy atom. The van der Waals surface area contributed by atoms with Gasteiger partial charge in [-0.3, -0.25) is 9.69 Å². The molecule has 1 aliphatic heterocycles. The van der Waals surface area contributed by atoms with Gasteiger partial charge in [0.15, 0.2) is 5.82 Å². The highest BCUT2D eigenvalue weighted by molar-refractivity contribution is 6.07. The fourth-order valence-corrected chi connectivity index (χ4v) is 3.69. The molecule has 0 spiro atoms. The average Bonchev–Trinajstić information content (AvgIpc) is 3.34. The molecule has 5 rings (SSSR count). The fourth-order valence-electron chi connectivity index (χ4n) is 3.69. The number of aromatic nitrogens is 2. The second kappa shape index (κ2) is 4.08. The molecule has 2 heterocycles. The molecule has 1 saturated heterocycles. The second-order valence-corrected chi connectivity index (χ2v) is 7.06. The summed E-state index contributed by atoms with van der Waals surface area (Å²) in [6.07, 6.45) is 6.29. The Hall–Kier alpha value is -1.92. The Labute approximate surface area is 127 Å². The first-order valence-corrected chi connectivity index (χ1v) is 8.15. The summed E-state index contributed by atoms with van der Waals surface area (Å²) < 4.78 is 5.21. The summed E-state index contributed by atoms with van der Waals surface area (Å²) in [6.45, 7) is 0.113. The fraction of sp³-hybridized carbons (Fsp3) is 0.733. The Kier molecular flexibility index (Phi) is 2.34. The van der Waals surface area contributed by atoms with Crippen LogP contribution < -0.4 is 5.32 Å². The van der Waals surface area contributed by atoms with Crippen LogP contribution in [0.3, 0.4) is 0 Å². The molecular formula is C15H18N4O3. The number of amides is 3. The molecule has 0 aromatic carbocycles. The smallest absolute Gasteiger partial charge is 0.325 e. The van der Waals surface area contributed by atoms with E-state index < -0.39 is 5.54 Å². The van der Waals surface area contributed by atoms with Gasteiger partial charge in [0, 0.05) is 5.92 Å². The molecule has 0 unspecified atom stereocenters. The van der Waals surface area contributed by atoms with E-state index in [1.165, 1.54) is 4.90 Å². The minimum Gasteiger partial charge on any atom is -0.339 e. The van der Waals surface area contributed by atoms with E-state index in [0.29, 0.717) is 29.5 Å². The zero-order chi connectivity index (χ0) is 14.9. The van der Waals surface area contributed by atoms with Crippen LogP contribution in [0.15, 0.2) is 4.52 Å². The van der Waals surface area contributed by atoms with Gasteiger partial charge in [0.25, 0.3) is 5.91 Å². The molecule has 4 fully saturated rings. The standard InChI is InChI=1S/C15H18N4O3/c20-13-15(9-3-4-9,10-5-6-10)17-14(21)19(13)7-11-16-12(22-18-11)8-1-2-8/h8-10H,1-7H2,(H,17,21). The quantitative estimate of drug-likeness (QED) is 0.834. The van der Waals surface area contributed by atoms with Gasteiger partial charge in [0.1, 0.15) is 5.54 Å². The number of hydrogen-bond donors (Lipinski definition) is 1. The van der Waals surface area contributed by atoms with Crippen molar-refractivity contribution in [3.8, 4) is 0 Å². The van der Waals surface area contributed by atoms with E-state index in [-0.39, 0.29) is 18.5 Å². The van der Waals surface area contributed by atoms with E-state index in [9.17, 15) is 9.59 Å². The van der Waals surface area contributed by atoms with Gasteiger partial charge in [-0.25, -0.2) is 4.79 Å². The lowest BCUT2D eigenvalue weighted by Crippen LogP contribution is -2.51. The predicted octanol–water partition coefficient (Wildman–Crippen LogP) is 1.56. The molecule has 1 aromatic heterocycles. The van der Waals surface area contributed by atoms with Crippen LogP contribution in [-0.4, -0.2) is 32.5 Å². The lowest BCUT2D eigenvalue weighted by Gasteiger charge is -2.26. The van der Waals surface area contributed by atoms with Crippen molar-refractivity contribution in [1.82, 2.24) is 20.4 Å². The van der Waals surface area contributed by atoms with Crippen molar-refractivity contribution in [2.75, 3.05) is 0 Å². The van der Waals surface area contributed by atoms with Gasteiger partial charge in [0.2, 0.25) is 5.89 Å². The Morgan fingerprint density at radius 1 is 1.14 bits per heavy atom. The van der Waals surface area contributed by atoms with Crippen LogP contribution in [0, 0.1) is 11.8 Å². The van der Waals surface area contributed by atoms with Crippen molar-refractivity contribution in [3.05, 3.63) is 11.7 Å². The van der Waals surface area contributed by atoms with Gasteiger partial charge < -0.3 is 9.84 Å². The number of rotatable bonds is 5. The van der Waals surface area contributed by atoms with Crippen LogP contribution >= 0.6 is 0 Å². The van der Waals surface area contributed by atoms with Crippen molar-refractivity contribution in [1.29, 1.82) is 0 Å². The van der Waals surface area contributed by atoms with Gasteiger partial charge in [0.05, 0.1) is 6.54 Å². The Bertz CT molecular complexity index is 645. The highest BCUT2D eigenvalue weighted by atomic mass is 16.5. The third-order valence-electron chi connectivity index (χ3n) is 5.31. The predicted molar refractivity (Wildman–Crippen MR) is 73.5 cm³/mol. The molecule has 1 N–H and O–H groups in total. The van der Waals surface area contributed by atoms with E-state index in [0.717, 1.165) is 38.5 Å². The van der Waals surface area contributed by atoms with Gasteiger partial charge in [-0.05, 0) is 50.4 Å². The van der Waals surface area contributed by atoms with Crippen molar-refractivity contribution in [3.63, 3.8) is 0 Å². The zero-order valence-corrected chi connectivity index (χ0v) is 12.2. The molecule has 3 saturated carbocycles. The van der Waals surface area contributed by atoms with Gasteiger partial charge in [-0.2, -0.15) is 4.98 Å². The molecule has 0 bridgehead atoms. The van der Waals surface area contributed by atoms with Crippen LogP contribution in [0.2, 0.25) is 0 Å². The number of hydrogen-bond acceptors (Lipinski definition) is 5. The summed E-state index contributed by atoms with van der Waals surface area (Å²) in [4.78, 5) is 30.8. The topological polar surface area (TPSA) is 88.3 Å². The highest BCUT2D eigenvalue weighted by Crippen LogP contribution is 2.54. The maximum absolute atomic E-state index is 12.9. The summed E-state index contributed by atoms with van der Waals surface area (Å²) in [7, 11) is 0. The number of urea groups is 1. The summed E-state index contributed by atoms with van der Waals surface area (Å²) in [5, 5.41) is 6.92. The molecule has 116 valence electrons. The third kappa shape index (κ3) is 1.74.